The molecule has 3 heterocycles. The summed E-state index contributed by atoms with van der Waals surface area (Å²) in [6, 6.07) is 13.2. The number of nitrogens with zero attached hydrogens (tertiary/aromatic N) is 3. The molecule has 1 N–H and O–H groups in total. The number of aromatic nitrogens is 2. The topological polar surface area (TPSA) is 50.2 Å². The van der Waals surface area contributed by atoms with Gasteiger partial charge in [-0.2, -0.15) is 5.10 Å². The Morgan fingerprint density at radius 2 is 2.00 bits per heavy atom. The van der Waals surface area contributed by atoms with Gasteiger partial charge in [0.15, 0.2) is 0 Å². The first-order valence-electron chi connectivity index (χ1n) is 9.88. The number of carbonyl (C=O) groups is 1. The van der Waals surface area contributed by atoms with Crippen LogP contribution in [0.3, 0.4) is 0 Å². The van der Waals surface area contributed by atoms with Crippen molar-refractivity contribution in [3.63, 3.8) is 0 Å². The number of rotatable bonds is 2. The van der Waals surface area contributed by atoms with Crippen molar-refractivity contribution in [2.45, 2.75) is 32.2 Å². The fourth-order valence-corrected chi connectivity index (χ4v) is 4.43. The second-order valence-corrected chi connectivity index (χ2v) is 7.92. The predicted octanol–water partition coefficient (Wildman–Crippen LogP) is 4.10. The Bertz CT molecular complexity index is 1070. The zero-order valence-corrected chi connectivity index (χ0v) is 16.3. The molecule has 0 radical (unpaired) electrons. The molecule has 5 heteroatoms. The minimum atomic E-state index is 0.152. The third-order valence-electron chi connectivity index (χ3n) is 5.75. The molecule has 2 aliphatic heterocycles. The summed E-state index contributed by atoms with van der Waals surface area (Å²) in [6.45, 7) is 3.04. The minimum absolute atomic E-state index is 0.152. The van der Waals surface area contributed by atoms with Crippen molar-refractivity contribution in [3.8, 4) is 11.1 Å². The van der Waals surface area contributed by atoms with Gasteiger partial charge in [-0.25, -0.2) is 0 Å². The zero-order chi connectivity index (χ0) is 19.3. The van der Waals surface area contributed by atoms with E-state index in [1.165, 1.54) is 22.5 Å². The quantitative estimate of drug-likeness (QED) is 0.736. The third-order valence-corrected chi connectivity index (χ3v) is 5.75. The molecule has 1 atom stereocenters. The van der Waals surface area contributed by atoms with Crippen LogP contribution in [-0.4, -0.2) is 28.2 Å². The molecule has 2 aliphatic rings. The van der Waals surface area contributed by atoms with Crippen LogP contribution in [0.2, 0.25) is 0 Å². The predicted molar refractivity (Wildman–Crippen MR) is 112 cm³/mol. The number of ketones is 1. The van der Waals surface area contributed by atoms with E-state index in [4.69, 9.17) is 0 Å². The van der Waals surface area contributed by atoms with Gasteiger partial charge in [-0.3, -0.25) is 9.48 Å². The first-order valence-corrected chi connectivity index (χ1v) is 9.88. The van der Waals surface area contributed by atoms with E-state index >= 15 is 0 Å². The number of hydrogen-bond acceptors (Lipinski definition) is 4. The third kappa shape index (κ3) is 2.87. The van der Waals surface area contributed by atoms with Gasteiger partial charge in [0.1, 0.15) is 5.78 Å². The molecule has 0 aliphatic carbocycles. The summed E-state index contributed by atoms with van der Waals surface area (Å²) in [5.74, 6) is 0.302. The van der Waals surface area contributed by atoms with E-state index in [0.717, 1.165) is 29.8 Å². The Balaban J connectivity index is 1.59. The van der Waals surface area contributed by atoms with Gasteiger partial charge in [-0.15, -0.1) is 0 Å². The van der Waals surface area contributed by atoms with Crippen molar-refractivity contribution in [2.24, 2.45) is 7.05 Å². The first kappa shape index (κ1) is 17.0. The molecule has 142 valence electrons. The molecule has 0 amide bonds. The molecule has 1 aromatic heterocycles. The number of aryl methyl sites for hydroxylation is 1. The SMILES string of the molecule is C[C@@H]1CC(=O)Cc2cccc(N3CCc4ccc(-c5cnn(C)c5)cc43)c2N1. The molecule has 0 bridgehead atoms. The van der Waals surface area contributed by atoms with E-state index in [1.54, 1.807) is 0 Å². The Labute approximate surface area is 165 Å². The van der Waals surface area contributed by atoms with E-state index in [1.807, 2.05) is 24.1 Å². The lowest BCUT2D eigenvalue weighted by atomic mass is 10.0. The molecule has 5 rings (SSSR count). The summed E-state index contributed by atoms with van der Waals surface area (Å²) in [7, 11) is 1.94. The van der Waals surface area contributed by atoms with E-state index in [-0.39, 0.29) is 6.04 Å². The molecule has 28 heavy (non-hydrogen) atoms. The van der Waals surface area contributed by atoms with Gasteiger partial charge in [0.2, 0.25) is 0 Å². The highest BCUT2D eigenvalue weighted by Gasteiger charge is 2.27. The Kier molecular flexibility index (Phi) is 3.97. The summed E-state index contributed by atoms with van der Waals surface area (Å²) < 4.78 is 1.83. The van der Waals surface area contributed by atoms with Gasteiger partial charge >= 0.3 is 0 Å². The lowest BCUT2D eigenvalue weighted by molar-refractivity contribution is -0.118. The summed E-state index contributed by atoms with van der Waals surface area (Å²) in [6.07, 6.45) is 6.07. The fraction of sp³-hybridized carbons (Fsp3) is 0.304. The highest BCUT2D eigenvalue weighted by atomic mass is 16.1. The molecule has 5 nitrogen and oxygen atoms in total. The van der Waals surface area contributed by atoms with Gasteiger partial charge in [-0.1, -0.05) is 24.3 Å². The van der Waals surface area contributed by atoms with Gasteiger partial charge < -0.3 is 10.2 Å². The van der Waals surface area contributed by atoms with Crippen LogP contribution in [-0.2, 0) is 24.7 Å². The smallest absolute Gasteiger partial charge is 0.139 e. The van der Waals surface area contributed by atoms with Crippen LogP contribution in [0, 0.1) is 0 Å². The maximum absolute atomic E-state index is 12.2. The van der Waals surface area contributed by atoms with Crippen molar-refractivity contribution in [1.82, 2.24) is 9.78 Å². The van der Waals surface area contributed by atoms with Crippen LogP contribution in [0.15, 0.2) is 48.8 Å². The maximum atomic E-state index is 12.2. The Hall–Kier alpha value is -3.08. The fourth-order valence-electron chi connectivity index (χ4n) is 4.43. The number of benzene rings is 2. The van der Waals surface area contributed by atoms with Gasteiger partial charge in [0, 0.05) is 49.9 Å². The number of nitrogens with one attached hydrogen (secondary N) is 1. The second-order valence-electron chi connectivity index (χ2n) is 7.92. The summed E-state index contributed by atoms with van der Waals surface area (Å²) in [4.78, 5) is 14.6. The minimum Gasteiger partial charge on any atom is -0.380 e. The number of fused-ring (bicyclic) bond motifs is 2. The molecule has 0 saturated heterocycles. The Morgan fingerprint density at radius 1 is 1.11 bits per heavy atom. The highest BCUT2D eigenvalue weighted by molar-refractivity contribution is 5.90. The molecule has 0 saturated carbocycles. The van der Waals surface area contributed by atoms with E-state index < -0.39 is 0 Å². The number of anilines is 3. The molecule has 2 aromatic carbocycles. The van der Waals surface area contributed by atoms with Crippen LogP contribution in [0.4, 0.5) is 17.1 Å². The average molecular weight is 372 g/mol. The zero-order valence-electron chi connectivity index (χ0n) is 16.3. The molecular weight excluding hydrogens is 348 g/mol. The molecular formula is C23H24N4O. The van der Waals surface area contributed by atoms with E-state index in [9.17, 15) is 4.79 Å². The van der Waals surface area contributed by atoms with Crippen molar-refractivity contribution < 1.29 is 4.79 Å². The Morgan fingerprint density at radius 3 is 2.82 bits per heavy atom. The molecule has 3 aromatic rings. The van der Waals surface area contributed by atoms with Gasteiger partial charge in [-0.05, 0) is 42.2 Å². The van der Waals surface area contributed by atoms with Gasteiger partial charge in [0.25, 0.3) is 0 Å². The number of para-hydroxylation sites is 1. The first-order chi connectivity index (χ1) is 13.6. The standard InChI is InChI=1S/C23H24N4O/c1-15-10-20(28)11-18-4-3-5-21(23(18)25-15)27-9-8-16-6-7-17(12-22(16)27)19-13-24-26(2)14-19/h3-7,12-15,25H,8-11H2,1-2H3/t15-/m1/s1. The van der Waals surface area contributed by atoms with E-state index in [2.05, 4.69) is 58.6 Å². The lowest BCUT2D eigenvalue weighted by Gasteiger charge is -2.26. The average Bonchev–Trinajstić information content (AvgIpc) is 3.24. The monoisotopic (exact) mass is 372 g/mol. The van der Waals surface area contributed by atoms with E-state index in [0.29, 0.717) is 18.6 Å². The summed E-state index contributed by atoms with van der Waals surface area (Å²) >= 11 is 0. The number of Topliss-reactive ketones (excluding diaryl/α,β-unsaturated/α-hetero) is 1. The van der Waals surface area contributed by atoms with Crippen molar-refractivity contribution in [1.29, 1.82) is 0 Å². The van der Waals surface area contributed by atoms with Crippen LogP contribution in [0.25, 0.3) is 11.1 Å². The molecule has 0 unspecified atom stereocenters. The van der Waals surface area contributed by atoms with Crippen molar-refractivity contribution in [3.05, 3.63) is 59.9 Å². The normalized spacial score (nSPS) is 18.4. The second kappa shape index (κ2) is 6.51. The summed E-state index contributed by atoms with van der Waals surface area (Å²) in [5, 5.41) is 7.91. The lowest BCUT2D eigenvalue weighted by Crippen LogP contribution is -2.20. The summed E-state index contributed by atoms with van der Waals surface area (Å²) in [5.41, 5.74) is 8.30. The maximum Gasteiger partial charge on any atom is 0.139 e. The van der Waals surface area contributed by atoms with Crippen LogP contribution < -0.4 is 10.2 Å². The van der Waals surface area contributed by atoms with Crippen LogP contribution >= 0.6 is 0 Å². The number of hydrogen-bond donors (Lipinski definition) is 1. The van der Waals surface area contributed by atoms with Gasteiger partial charge in [0.05, 0.1) is 17.6 Å². The largest absolute Gasteiger partial charge is 0.380 e. The molecule has 0 fully saturated rings. The van der Waals surface area contributed by atoms with Crippen LogP contribution in [0.5, 0.6) is 0 Å². The molecule has 0 spiro atoms. The number of carbonyl (C=O) groups excluding carboxylic acids is 1. The van der Waals surface area contributed by atoms with Crippen LogP contribution in [0.1, 0.15) is 24.5 Å². The van der Waals surface area contributed by atoms with Crippen molar-refractivity contribution in [2.75, 3.05) is 16.8 Å². The highest BCUT2D eigenvalue weighted by Crippen LogP contribution is 2.42. The van der Waals surface area contributed by atoms with Crippen molar-refractivity contribution >= 4 is 22.8 Å².